The number of nitriles is 1. The molecule has 7 heteroatoms. The predicted molar refractivity (Wildman–Crippen MR) is 56.2 cm³/mol. The Morgan fingerprint density at radius 3 is 2.47 bits per heavy atom. The van der Waals surface area contributed by atoms with Gasteiger partial charge in [0.1, 0.15) is 0 Å². The van der Waals surface area contributed by atoms with E-state index in [9.17, 15) is 8.42 Å². The van der Waals surface area contributed by atoms with E-state index in [2.05, 4.69) is 5.32 Å². The van der Waals surface area contributed by atoms with Gasteiger partial charge in [0.05, 0.1) is 12.1 Å². The molecule has 0 saturated carbocycles. The van der Waals surface area contributed by atoms with Crippen LogP contribution in [0.25, 0.3) is 0 Å². The predicted octanol–water partition coefficient (Wildman–Crippen LogP) is -1.02. The maximum Gasteiger partial charge on any atom is 0.281 e. The Balaban J connectivity index is 2.60. The van der Waals surface area contributed by atoms with Gasteiger partial charge in [-0.05, 0) is 0 Å². The second-order valence-electron chi connectivity index (χ2n) is 3.57. The monoisotopic (exact) mass is 232 g/mol. The van der Waals surface area contributed by atoms with Gasteiger partial charge in [0.25, 0.3) is 10.2 Å². The second-order valence-corrected chi connectivity index (χ2v) is 5.66. The maximum absolute atomic E-state index is 11.9. The van der Waals surface area contributed by atoms with E-state index in [1.807, 2.05) is 6.07 Å². The Bertz CT molecular complexity index is 344. The van der Waals surface area contributed by atoms with Crippen LogP contribution < -0.4 is 5.32 Å². The van der Waals surface area contributed by atoms with Gasteiger partial charge in [-0.15, -0.1) is 0 Å². The lowest BCUT2D eigenvalue weighted by atomic mass is 10.2. The van der Waals surface area contributed by atoms with Gasteiger partial charge in [-0.25, -0.2) is 0 Å². The van der Waals surface area contributed by atoms with Crippen LogP contribution in [0, 0.1) is 11.3 Å². The van der Waals surface area contributed by atoms with Crippen LogP contribution in [0.2, 0.25) is 0 Å². The van der Waals surface area contributed by atoms with Gasteiger partial charge < -0.3 is 5.32 Å². The summed E-state index contributed by atoms with van der Waals surface area (Å²) in [6, 6.07) is 1.97. The number of likely N-dealkylation sites (N-methyl/N-ethyl adjacent to an activating group) is 1. The summed E-state index contributed by atoms with van der Waals surface area (Å²) in [5, 5.41) is 11.4. The van der Waals surface area contributed by atoms with E-state index in [1.54, 1.807) is 7.05 Å². The van der Waals surface area contributed by atoms with E-state index in [1.165, 1.54) is 15.7 Å². The third-order valence-electron chi connectivity index (χ3n) is 2.57. The molecule has 1 aliphatic heterocycles. The number of nitrogens with zero attached hydrogens (tertiary/aromatic N) is 3. The topological polar surface area (TPSA) is 76.4 Å². The van der Waals surface area contributed by atoms with Gasteiger partial charge >= 0.3 is 0 Å². The molecule has 0 aliphatic carbocycles. The fourth-order valence-electron chi connectivity index (χ4n) is 1.26. The van der Waals surface area contributed by atoms with Gasteiger partial charge in [0.2, 0.25) is 0 Å². The summed E-state index contributed by atoms with van der Waals surface area (Å²) in [5.74, 6) is 0. The highest BCUT2D eigenvalue weighted by Gasteiger charge is 2.32. The zero-order valence-corrected chi connectivity index (χ0v) is 9.79. The van der Waals surface area contributed by atoms with Crippen molar-refractivity contribution in [2.45, 2.75) is 12.5 Å². The first-order valence-electron chi connectivity index (χ1n) is 4.77. The Labute approximate surface area is 90.6 Å². The quantitative estimate of drug-likeness (QED) is 0.658. The van der Waals surface area contributed by atoms with Gasteiger partial charge in [0, 0.05) is 40.2 Å². The molecule has 0 radical (unpaired) electrons. The molecule has 0 atom stereocenters. The number of nitrogens with one attached hydrogen (secondary N) is 1. The van der Waals surface area contributed by atoms with E-state index in [-0.39, 0.29) is 19.0 Å². The van der Waals surface area contributed by atoms with Crippen LogP contribution in [0.15, 0.2) is 0 Å². The number of hydrogen-bond donors (Lipinski definition) is 1. The summed E-state index contributed by atoms with van der Waals surface area (Å²) >= 11 is 0. The SMILES string of the molecule is CN(CCC#N)S(=O)(=O)N(C)C1CNC1. The van der Waals surface area contributed by atoms with Crippen molar-refractivity contribution >= 4 is 10.2 Å². The average molecular weight is 232 g/mol. The first-order valence-corrected chi connectivity index (χ1v) is 6.17. The highest BCUT2D eigenvalue weighted by atomic mass is 32.2. The van der Waals surface area contributed by atoms with Crippen molar-refractivity contribution in [1.29, 1.82) is 5.26 Å². The molecule has 0 aromatic rings. The number of rotatable bonds is 5. The molecular weight excluding hydrogens is 216 g/mol. The zero-order chi connectivity index (χ0) is 11.5. The fraction of sp³-hybridized carbons (Fsp3) is 0.875. The highest BCUT2D eigenvalue weighted by Crippen LogP contribution is 2.11. The van der Waals surface area contributed by atoms with Crippen molar-refractivity contribution in [2.24, 2.45) is 0 Å². The minimum Gasteiger partial charge on any atom is -0.313 e. The van der Waals surface area contributed by atoms with Crippen molar-refractivity contribution in [3.05, 3.63) is 0 Å². The Morgan fingerprint density at radius 1 is 1.47 bits per heavy atom. The first-order chi connectivity index (χ1) is 7.00. The zero-order valence-electron chi connectivity index (χ0n) is 8.97. The smallest absolute Gasteiger partial charge is 0.281 e. The molecule has 86 valence electrons. The second kappa shape index (κ2) is 4.90. The van der Waals surface area contributed by atoms with Crippen LogP contribution in [0.1, 0.15) is 6.42 Å². The Hall–Kier alpha value is -0.680. The molecule has 1 N–H and O–H groups in total. The highest BCUT2D eigenvalue weighted by molar-refractivity contribution is 7.86. The van der Waals surface area contributed by atoms with Crippen molar-refractivity contribution in [1.82, 2.24) is 13.9 Å². The van der Waals surface area contributed by atoms with Crippen molar-refractivity contribution in [3.8, 4) is 6.07 Å². The molecule has 1 aliphatic rings. The van der Waals surface area contributed by atoms with E-state index in [0.717, 1.165) is 0 Å². The van der Waals surface area contributed by atoms with Crippen LogP contribution in [0.4, 0.5) is 0 Å². The molecule has 6 nitrogen and oxygen atoms in total. The summed E-state index contributed by atoms with van der Waals surface area (Å²) in [5.41, 5.74) is 0. The lowest BCUT2D eigenvalue weighted by molar-refractivity contribution is 0.258. The van der Waals surface area contributed by atoms with Gasteiger partial charge in [-0.2, -0.15) is 22.3 Å². The van der Waals surface area contributed by atoms with Crippen LogP contribution in [-0.2, 0) is 10.2 Å². The van der Waals surface area contributed by atoms with Crippen molar-refractivity contribution in [3.63, 3.8) is 0 Å². The molecule has 0 bridgehead atoms. The van der Waals surface area contributed by atoms with Gasteiger partial charge in [0.15, 0.2) is 0 Å². The summed E-state index contributed by atoms with van der Waals surface area (Å²) in [7, 11) is -0.327. The molecule has 0 spiro atoms. The third-order valence-corrected chi connectivity index (χ3v) is 4.57. The molecule has 15 heavy (non-hydrogen) atoms. The molecule has 0 aromatic carbocycles. The van der Waals surface area contributed by atoms with Crippen molar-refractivity contribution in [2.75, 3.05) is 33.7 Å². The molecule has 0 aromatic heterocycles. The third kappa shape index (κ3) is 2.66. The lowest BCUT2D eigenvalue weighted by Gasteiger charge is -2.36. The van der Waals surface area contributed by atoms with Gasteiger partial charge in [-0.3, -0.25) is 0 Å². The molecule has 1 fully saturated rings. The van der Waals surface area contributed by atoms with E-state index < -0.39 is 10.2 Å². The van der Waals surface area contributed by atoms with Crippen molar-refractivity contribution < 1.29 is 8.42 Å². The summed E-state index contributed by atoms with van der Waals surface area (Å²) in [6.07, 6.45) is 0.215. The van der Waals surface area contributed by atoms with E-state index >= 15 is 0 Å². The molecule has 1 saturated heterocycles. The molecular formula is C8H16N4O2S. The molecule has 1 rings (SSSR count). The maximum atomic E-state index is 11.9. The summed E-state index contributed by atoms with van der Waals surface area (Å²) in [4.78, 5) is 0. The normalized spacial score (nSPS) is 17.8. The van der Waals surface area contributed by atoms with Crippen LogP contribution in [0.5, 0.6) is 0 Å². The van der Waals surface area contributed by atoms with Crippen LogP contribution in [-0.4, -0.2) is 56.8 Å². The summed E-state index contributed by atoms with van der Waals surface area (Å²) < 4.78 is 26.3. The standard InChI is InChI=1S/C8H16N4O2S/c1-11(5-3-4-9)15(13,14)12(2)8-6-10-7-8/h8,10H,3,5-7H2,1-2H3. The van der Waals surface area contributed by atoms with Crippen LogP contribution >= 0.6 is 0 Å². The fourth-order valence-corrected chi connectivity index (χ4v) is 2.55. The van der Waals surface area contributed by atoms with Gasteiger partial charge in [-0.1, -0.05) is 0 Å². The lowest BCUT2D eigenvalue weighted by Crippen LogP contribution is -2.59. The number of hydrogen-bond acceptors (Lipinski definition) is 4. The minimum atomic E-state index is -3.40. The Kier molecular flexibility index (Phi) is 4.04. The molecule has 0 unspecified atom stereocenters. The van der Waals surface area contributed by atoms with E-state index in [0.29, 0.717) is 13.1 Å². The summed E-state index contributed by atoms with van der Waals surface area (Å²) in [6.45, 7) is 1.63. The first kappa shape index (κ1) is 12.4. The minimum absolute atomic E-state index is 0.0412. The molecule has 0 amide bonds. The Morgan fingerprint density at radius 2 is 2.07 bits per heavy atom. The largest absolute Gasteiger partial charge is 0.313 e. The molecule has 1 heterocycles. The average Bonchev–Trinajstić information content (AvgIpc) is 2.11. The van der Waals surface area contributed by atoms with Crippen LogP contribution in [0.3, 0.4) is 0 Å². The van der Waals surface area contributed by atoms with E-state index in [4.69, 9.17) is 5.26 Å².